The molecule has 0 radical (unpaired) electrons. The average Bonchev–Trinajstić information content (AvgIpc) is 3.17. The molecule has 0 aliphatic carbocycles. The molecule has 4 rings (SSSR count). The molecule has 8 nitrogen and oxygen atoms in total. The summed E-state index contributed by atoms with van der Waals surface area (Å²) in [5.74, 6) is 0.721. The van der Waals surface area contributed by atoms with Gasteiger partial charge in [0.15, 0.2) is 0 Å². The normalized spacial score (nSPS) is 18.8. The Hall–Kier alpha value is -3.18. The lowest BCUT2D eigenvalue weighted by Crippen LogP contribution is -2.41. The van der Waals surface area contributed by atoms with Crippen LogP contribution in [0.4, 0.5) is 0 Å². The van der Waals surface area contributed by atoms with Crippen molar-refractivity contribution >= 4 is 11.8 Å². The van der Waals surface area contributed by atoms with Gasteiger partial charge in [0.1, 0.15) is 5.82 Å². The first-order valence-electron chi connectivity index (χ1n) is 9.79. The van der Waals surface area contributed by atoms with Gasteiger partial charge in [-0.25, -0.2) is 4.98 Å². The number of carbonyl (C=O) groups excluding carboxylic acids is 2. The lowest BCUT2D eigenvalue weighted by Gasteiger charge is -2.33. The molecule has 1 atom stereocenters. The highest BCUT2D eigenvalue weighted by Gasteiger charge is 2.31. The second kappa shape index (κ2) is 8.05. The molecule has 0 saturated carbocycles. The van der Waals surface area contributed by atoms with Crippen molar-refractivity contribution in [1.82, 2.24) is 19.4 Å². The van der Waals surface area contributed by atoms with Gasteiger partial charge in [-0.2, -0.15) is 5.26 Å². The van der Waals surface area contributed by atoms with E-state index in [0.717, 1.165) is 11.5 Å². The number of hydrogen-bond acceptors (Lipinski definition) is 5. The highest BCUT2D eigenvalue weighted by atomic mass is 16.5. The van der Waals surface area contributed by atoms with Crippen LogP contribution in [0.3, 0.4) is 0 Å². The van der Waals surface area contributed by atoms with Crippen LogP contribution in [0.15, 0.2) is 30.5 Å². The van der Waals surface area contributed by atoms with Gasteiger partial charge in [0.05, 0.1) is 43.0 Å². The fourth-order valence-electron chi connectivity index (χ4n) is 3.88. The quantitative estimate of drug-likeness (QED) is 0.786. The van der Waals surface area contributed by atoms with Gasteiger partial charge in [0.25, 0.3) is 5.91 Å². The van der Waals surface area contributed by atoms with Crippen LogP contribution < -0.4 is 0 Å². The minimum Gasteiger partial charge on any atom is -0.378 e. The van der Waals surface area contributed by atoms with Crippen LogP contribution in [0, 0.1) is 11.3 Å². The van der Waals surface area contributed by atoms with E-state index in [0.29, 0.717) is 50.5 Å². The third-order valence-corrected chi connectivity index (χ3v) is 5.48. The molecule has 29 heavy (non-hydrogen) atoms. The van der Waals surface area contributed by atoms with Gasteiger partial charge in [0, 0.05) is 37.9 Å². The van der Waals surface area contributed by atoms with Crippen LogP contribution in [0.2, 0.25) is 0 Å². The van der Waals surface area contributed by atoms with Gasteiger partial charge >= 0.3 is 0 Å². The van der Waals surface area contributed by atoms with Gasteiger partial charge in [0.2, 0.25) is 5.91 Å². The molecule has 1 aromatic carbocycles. The highest BCUT2D eigenvalue weighted by molar-refractivity contribution is 5.94. The van der Waals surface area contributed by atoms with Crippen molar-refractivity contribution in [1.29, 1.82) is 5.26 Å². The van der Waals surface area contributed by atoms with E-state index >= 15 is 0 Å². The van der Waals surface area contributed by atoms with Crippen LogP contribution in [0.5, 0.6) is 0 Å². The van der Waals surface area contributed by atoms with Gasteiger partial charge in [-0.05, 0) is 25.1 Å². The zero-order chi connectivity index (χ0) is 20.4. The molecule has 2 amide bonds. The van der Waals surface area contributed by atoms with Crippen LogP contribution >= 0.6 is 0 Å². The standard InChI is InChI=1S/C21H23N5O3/c1-15-20-23-18(12-19(27)24-7-9-29-10-8-24)14-25(20)5-6-26(15)21(28)17-4-2-3-16(11-17)13-22/h2-4,11,14-15H,5-10,12H2,1H3/t15-/m1/s1. The van der Waals surface area contributed by atoms with Crippen molar-refractivity contribution in [3.8, 4) is 6.07 Å². The largest absolute Gasteiger partial charge is 0.378 e. The number of imidazole rings is 1. The first-order valence-corrected chi connectivity index (χ1v) is 9.79. The molecule has 1 fully saturated rings. The number of ether oxygens (including phenoxy) is 1. The number of morpholine rings is 1. The number of nitriles is 1. The van der Waals surface area contributed by atoms with Gasteiger partial charge in [-0.15, -0.1) is 0 Å². The molecule has 2 aliphatic rings. The Bertz CT molecular complexity index is 971. The van der Waals surface area contributed by atoms with Crippen LogP contribution in [0.1, 0.15) is 40.4 Å². The van der Waals surface area contributed by atoms with E-state index in [1.54, 1.807) is 29.2 Å². The van der Waals surface area contributed by atoms with Gasteiger partial charge in [-0.1, -0.05) is 6.07 Å². The van der Waals surface area contributed by atoms with E-state index in [4.69, 9.17) is 10.00 Å². The van der Waals surface area contributed by atoms with E-state index in [-0.39, 0.29) is 24.3 Å². The summed E-state index contributed by atoms with van der Waals surface area (Å²) < 4.78 is 7.33. The smallest absolute Gasteiger partial charge is 0.254 e. The maximum Gasteiger partial charge on any atom is 0.254 e. The van der Waals surface area contributed by atoms with Crippen molar-refractivity contribution in [3.05, 3.63) is 53.1 Å². The minimum absolute atomic E-state index is 0.0534. The second-order valence-electron chi connectivity index (χ2n) is 7.32. The number of fused-ring (bicyclic) bond motifs is 1. The van der Waals surface area contributed by atoms with E-state index in [9.17, 15) is 9.59 Å². The molecule has 2 aliphatic heterocycles. The highest BCUT2D eigenvalue weighted by Crippen LogP contribution is 2.26. The molecule has 8 heteroatoms. The monoisotopic (exact) mass is 393 g/mol. The van der Waals surface area contributed by atoms with E-state index in [2.05, 4.69) is 11.1 Å². The Morgan fingerprint density at radius 2 is 2.03 bits per heavy atom. The maximum atomic E-state index is 13.0. The summed E-state index contributed by atoms with van der Waals surface area (Å²) in [6, 6.07) is 8.60. The molecular formula is C21H23N5O3. The molecule has 0 N–H and O–H groups in total. The number of nitrogens with zero attached hydrogens (tertiary/aromatic N) is 5. The molecule has 150 valence electrons. The van der Waals surface area contributed by atoms with E-state index in [1.165, 1.54) is 0 Å². The Balaban J connectivity index is 1.49. The predicted molar refractivity (Wildman–Crippen MR) is 104 cm³/mol. The Morgan fingerprint density at radius 1 is 1.24 bits per heavy atom. The first-order chi connectivity index (χ1) is 14.1. The Labute approximate surface area is 169 Å². The molecule has 0 bridgehead atoms. The summed E-state index contributed by atoms with van der Waals surface area (Å²) in [7, 11) is 0. The van der Waals surface area contributed by atoms with E-state index < -0.39 is 0 Å². The lowest BCUT2D eigenvalue weighted by atomic mass is 10.1. The Kier molecular flexibility index (Phi) is 5.32. The number of rotatable bonds is 3. The average molecular weight is 393 g/mol. The number of aromatic nitrogens is 2. The predicted octanol–water partition coefficient (Wildman–Crippen LogP) is 1.37. The topological polar surface area (TPSA) is 91.5 Å². The first kappa shape index (κ1) is 19.2. The molecule has 0 spiro atoms. The molecular weight excluding hydrogens is 370 g/mol. The number of hydrogen-bond donors (Lipinski definition) is 0. The number of amides is 2. The summed E-state index contributed by atoms with van der Waals surface area (Å²) in [5.41, 5.74) is 1.69. The lowest BCUT2D eigenvalue weighted by molar-refractivity contribution is -0.134. The third-order valence-electron chi connectivity index (χ3n) is 5.48. The van der Waals surface area contributed by atoms with Crippen LogP contribution in [0.25, 0.3) is 0 Å². The van der Waals surface area contributed by atoms with Crippen LogP contribution in [-0.2, 0) is 22.5 Å². The summed E-state index contributed by atoms with van der Waals surface area (Å²) in [6.45, 7) is 5.51. The summed E-state index contributed by atoms with van der Waals surface area (Å²) in [5, 5.41) is 9.08. The second-order valence-corrected chi connectivity index (χ2v) is 7.32. The van der Waals surface area contributed by atoms with Crippen molar-refractivity contribution in [3.63, 3.8) is 0 Å². The minimum atomic E-state index is -0.214. The fourth-order valence-corrected chi connectivity index (χ4v) is 3.88. The molecule has 2 aromatic rings. The van der Waals surface area contributed by atoms with Gasteiger partial charge < -0.3 is 19.1 Å². The van der Waals surface area contributed by atoms with Crippen LogP contribution in [-0.4, -0.2) is 64.0 Å². The number of benzene rings is 1. The third kappa shape index (κ3) is 3.87. The maximum absolute atomic E-state index is 13.0. The summed E-state index contributed by atoms with van der Waals surface area (Å²) >= 11 is 0. The zero-order valence-corrected chi connectivity index (χ0v) is 16.4. The molecule has 0 unspecified atom stereocenters. The Morgan fingerprint density at radius 3 is 2.79 bits per heavy atom. The van der Waals surface area contributed by atoms with Crippen molar-refractivity contribution in [2.75, 3.05) is 32.8 Å². The van der Waals surface area contributed by atoms with Crippen molar-refractivity contribution in [2.45, 2.75) is 25.9 Å². The fraction of sp³-hybridized carbons (Fsp3) is 0.429. The summed E-state index contributed by atoms with van der Waals surface area (Å²) in [6.07, 6.45) is 2.17. The summed E-state index contributed by atoms with van der Waals surface area (Å²) in [4.78, 5) is 33.7. The zero-order valence-electron chi connectivity index (χ0n) is 16.4. The molecule has 3 heterocycles. The molecule has 1 saturated heterocycles. The van der Waals surface area contributed by atoms with Gasteiger partial charge in [-0.3, -0.25) is 9.59 Å². The molecule has 1 aromatic heterocycles. The SMILES string of the molecule is C[C@@H]1c2nc(CC(=O)N3CCOCC3)cn2CCN1C(=O)c1cccc(C#N)c1. The number of carbonyl (C=O) groups is 2. The van der Waals surface area contributed by atoms with Crippen molar-refractivity contribution in [2.24, 2.45) is 0 Å². The van der Waals surface area contributed by atoms with E-state index in [1.807, 2.05) is 22.6 Å². The van der Waals surface area contributed by atoms with Crippen molar-refractivity contribution < 1.29 is 14.3 Å².